The summed E-state index contributed by atoms with van der Waals surface area (Å²) in [5, 5.41) is 0. The van der Waals surface area contributed by atoms with Gasteiger partial charge in [0.25, 0.3) is 5.91 Å². The predicted octanol–water partition coefficient (Wildman–Crippen LogP) is 1.60. The molecule has 0 bridgehead atoms. The number of esters is 1. The van der Waals surface area contributed by atoms with Crippen LogP contribution >= 0.6 is 0 Å². The second-order valence-electron chi connectivity index (χ2n) is 6.77. The molecule has 3 rings (SSSR count). The topological polar surface area (TPSA) is 76.2 Å². The second-order valence-corrected chi connectivity index (χ2v) is 6.77. The lowest BCUT2D eigenvalue weighted by molar-refractivity contribution is -0.127. The molecule has 0 aliphatic carbocycles. The summed E-state index contributed by atoms with van der Waals surface area (Å²) < 4.78 is 10.7. The molecule has 0 spiro atoms. The maximum atomic E-state index is 12.9. The molecular weight excluding hydrogens is 336 g/mol. The molecule has 0 unspecified atom stereocenters. The molecular formula is C19H24N2O5. The fourth-order valence-corrected chi connectivity index (χ4v) is 3.61. The Bertz CT molecular complexity index is 692. The van der Waals surface area contributed by atoms with Gasteiger partial charge in [-0.3, -0.25) is 14.5 Å². The monoisotopic (exact) mass is 360 g/mol. The summed E-state index contributed by atoms with van der Waals surface area (Å²) in [5.41, 5.74) is 0.868. The maximum absolute atomic E-state index is 12.9. The van der Waals surface area contributed by atoms with Crippen molar-refractivity contribution in [1.29, 1.82) is 0 Å². The van der Waals surface area contributed by atoms with Crippen LogP contribution < -0.4 is 4.90 Å². The van der Waals surface area contributed by atoms with Gasteiger partial charge in [0.1, 0.15) is 0 Å². The Balaban J connectivity index is 1.76. The van der Waals surface area contributed by atoms with E-state index < -0.39 is 12.0 Å². The lowest BCUT2D eigenvalue weighted by Crippen LogP contribution is -2.52. The van der Waals surface area contributed by atoms with Gasteiger partial charge in [-0.2, -0.15) is 0 Å². The van der Waals surface area contributed by atoms with E-state index in [1.165, 1.54) is 4.90 Å². The Morgan fingerprint density at radius 3 is 2.35 bits per heavy atom. The molecule has 0 N–H and O–H groups in total. The minimum absolute atomic E-state index is 0.0274. The van der Waals surface area contributed by atoms with Crippen molar-refractivity contribution in [2.24, 2.45) is 0 Å². The van der Waals surface area contributed by atoms with E-state index in [0.717, 1.165) is 0 Å². The molecule has 2 saturated heterocycles. The molecule has 0 radical (unpaired) electrons. The Labute approximate surface area is 152 Å². The molecule has 7 heteroatoms. The molecule has 2 fully saturated rings. The zero-order valence-electron chi connectivity index (χ0n) is 15.3. The van der Waals surface area contributed by atoms with Crippen LogP contribution in [0.3, 0.4) is 0 Å². The lowest BCUT2D eigenvalue weighted by Gasteiger charge is -2.37. The number of hydrogen-bond donors (Lipinski definition) is 0. The minimum atomic E-state index is -0.457. The lowest BCUT2D eigenvalue weighted by atomic mass is 10.1. The number of carbonyl (C=O) groups excluding carboxylic acids is 3. The van der Waals surface area contributed by atoms with E-state index in [1.807, 2.05) is 18.7 Å². The van der Waals surface area contributed by atoms with Gasteiger partial charge in [-0.15, -0.1) is 0 Å². The molecule has 2 aliphatic heterocycles. The van der Waals surface area contributed by atoms with Crippen molar-refractivity contribution < 1.29 is 23.9 Å². The van der Waals surface area contributed by atoms with Crippen LogP contribution in [0, 0.1) is 0 Å². The van der Waals surface area contributed by atoms with Crippen LogP contribution in [0.25, 0.3) is 0 Å². The van der Waals surface area contributed by atoms with Crippen molar-refractivity contribution in [3.8, 4) is 0 Å². The summed E-state index contributed by atoms with van der Waals surface area (Å²) in [7, 11) is 0. The Kier molecular flexibility index (Phi) is 5.38. The number of anilines is 1. The van der Waals surface area contributed by atoms with Gasteiger partial charge in [-0.1, -0.05) is 0 Å². The Morgan fingerprint density at radius 1 is 1.15 bits per heavy atom. The Morgan fingerprint density at radius 2 is 1.77 bits per heavy atom. The van der Waals surface area contributed by atoms with Crippen LogP contribution in [-0.2, 0) is 19.1 Å². The van der Waals surface area contributed by atoms with Gasteiger partial charge in [0.2, 0.25) is 5.91 Å². The van der Waals surface area contributed by atoms with Crippen LogP contribution in [0.1, 0.15) is 37.6 Å². The molecule has 1 aromatic carbocycles. The molecule has 0 saturated carbocycles. The third-order valence-electron chi connectivity index (χ3n) is 4.65. The molecule has 2 amide bonds. The van der Waals surface area contributed by atoms with Crippen LogP contribution in [0.4, 0.5) is 5.69 Å². The summed E-state index contributed by atoms with van der Waals surface area (Å²) in [6.45, 7) is 7.22. The molecule has 140 valence electrons. The van der Waals surface area contributed by atoms with Crippen LogP contribution in [0.2, 0.25) is 0 Å². The van der Waals surface area contributed by atoms with Gasteiger partial charge in [0.05, 0.1) is 42.5 Å². The average Bonchev–Trinajstić information content (AvgIpc) is 2.89. The van der Waals surface area contributed by atoms with Gasteiger partial charge in [-0.05, 0) is 45.0 Å². The number of ether oxygens (including phenoxy) is 2. The first-order valence-electron chi connectivity index (χ1n) is 8.94. The summed E-state index contributed by atoms with van der Waals surface area (Å²) in [6.07, 6.45) is 0.219. The number of rotatable bonds is 4. The van der Waals surface area contributed by atoms with E-state index in [1.54, 1.807) is 31.2 Å². The molecule has 7 nitrogen and oxygen atoms in total. The second kappa shape index (κ2) is 7.55. The number of carbonyl (C=O) groups is 3. The molecule has 2 heterocycles. The van der Waals surface area contributed by atoms with Crippen LogP contribution in [0.15, 0.2) is 24.3 Å². The largest absolute Gasteiger partial charge is 0.462 e. The first-order valence-corrected chi connectivity index (χ1v) is 8.94. The van der Waals surface area contributed by atoms with Crippen molar-refractivity contribution in [1.82, 2.24) is 4.90 Å². The number of amides is 2. The summed E-state index contributed by atoms with van der Waals surface area (Å²) in [5.74, 6) is -0.872. The molecule has 1 aromatic rings. The SMILES string of the molecule is CCOC(=O)c1ccc(N2C(=O)C[C@H](N3C[C@H](C)O[C@@H](C)C3)C2=O)cc1. The number of morpholine rings is 1. The van der Waals surface area contributed by atoms with Crippen molar-refractivity contribution in [2.45, 2.75) is 45.4 Å². The highest BCUT2D eigenvalue weighted by molar-refractivity contribution is 6.22. The van der Waals surface area contributed by atoms with Gasteiger partial charge >= 0.3 is 5.97 Å². The number of benzene rings is 1. The summed E-state index contributed by atoms with van der Waals surface area (Å²) in [4.78, 5) is 40.3. The Hall–Kier alpha value is -2.25. The van der Waals surface area contributed by atoms with Crippen molar-refractivity contribution in [3.05, 3.63) is 29.8 Å². The minimum Gasteiger partial charge on any atom is -0.462 e. The zero-order chi connectivity index (χ0) is 18.8. The van der Waals surface area contributed by atoms with Gasteiger partial charge < -0.3 is 9.47 Å². The number of imide groups is 1. The zero-order valence-corrected chi connectivity index (χ0v) is 15.3. The average molecular weight is 360 g/mol. The standard InChI is InChI=1S/C19H24N2O5/c1-4-25-19(24)14-5-7-15(8-6-14)21-17(22)9-16(18(21)23)20-10-12(2)26-13(3)11-20/h5-8,12-13,16H,4,9-11H2,1-3H3/t12-,13-,16-/m0/s1. The molecule has 0 aromatic heterocycles. The third kappa shape index (κ3) is 3.64. The smallest absolute Gasteiger partial charge is 0.338 e. The van der Waals surface area contributed by atoms with Crippen molar-refractivity contribution in [2.75, 3.05) is 24.6 Å². The maximum Gasteiger partial charge on any atom is 0.338 e. The fourth-order valence-electron chi connectivity index (χ4n) is 3.61. The number of hydrogen-bond acceptors (Lipinski definition) is 6. The van der Waals surface area contributed by atoms with Crippen LogP contribution in [-0.4, -0.2) is 60.6 Å². The van der Waals surface area contributed by atoms with E-state index in [-0.39, 0.29) is 30.4 Å². The summed E-state index contributed by atoms with van der Waals surface area (Å²) >= 11 is 0. The van der Waals surface area contributed by atoms with Gasteiger partial charge in [0, 0.05) is 13.1 Å². The highest BCUT2D eigenvalue weighted by Gasteiger charge is 2.44. The van der Waals surface area contributed by atoms with E-state index >= 15 is 0 Å². The van der Waals surface area contributed by atoms with Crippen LogP contribution in [0.5, 0.6) is 0 Å². The first-order chi connectivity index (χ1) is 12.4. The molecule has 3 atom stereocenters. The van der Waals surface area contributed by atoms with Crippen molar-refractivity contribution in [3.63, 3.8) is 0 Å². The van der Waals surface area contributed by atoms with E-state index in [2.05, 4.69) is 0 Å². The fraction of sp³-hybridized carbons (Fsp3) is 0.526. The van der Waals surface area contributed by atoms with Gasteiger partial charge in [-0.25, -0.2) is 9.69 Å². The van der Waals surface area contributed by atoms with E-state index in [9.17, 15) is 14.4 Å². The van der Waals surface area contributed by atoms with Crippen molar-refractivity contribution >= 4 is 23.5 Å². The third-order valence-corrected chi connectivity index (χ3v) is 4.65. The summed E-state index contributed by atoms with van der Waals surface area (Å²) in [6, 6.07) is 5.89. The highest BCUT2D eigenvalue weighted by atomic mass is 16.5. The predicted molar refractivity (Wildman–Crippen MR) is 94.9 cm³/mol. The van der Waals surface area contributed by atoms with E-state index in [0.29, 0.717) is 30.9 Å². The molecule has 26 heavy (non-hydrogen) atoms. The highest BCUT2D eigenvalue weighted by Crippen LogP contribution is 2.28. The normalized spacial score (nSPS) is 27.0. The quantitative estimate of drug-likeness (QED) is 0.600. The van der Waals surface area contributed by atoms with Gasteiger partial charge in [0.15, 0.2) is 0 Å². The number of nitrogens with zero attached hydrogens (tertiary/aromatic N) is 2. The molecule has 2 aliphatic rings. The first kappa shape index (κ1) is 18.5. The van der Waals surface area contributed by atoms with E-state index in [4.69, 9.17) is 9.47 Å².